The number of hydrogen-bond donors (Lipinski definition) is 3. The van der Waals surface area contributed by atoms with Gasteiger partial charge in [0.15, 0.2) is 0 Å². The van der Waals surface area contributed by atoms with Crippen LogP contribution in [0.5, 0.6) is 0 Å². The van der Waals surface area contributed by atoms with Crippen molar-refractivity contribution in [2.24, 2.45) is 5.41 Å². The van der Waals surface area contributed by atoms with Crippen LogP contribution < -0.4 is 15.4 Å². The Balaban J connectivity index is 2.50. The zero-order valence-corrected chi connectivity index (χ0v) is 14.6. The molecule has 23 heavy (non-hydrogen) atoms. The highest BCUT2D eigenvalue weighted by molar-refractivity contribution is 7.92. The van der Waals surface area contributed by atoms with E-state index in [1.54, 1.807) is 45.0 Å². The lowest BCUT2D eigenvalue weighted by Gasteiger charge is -2.17. The van der Waals surface area contributed by atoms with Crippen LogP contribution in [0.1, 0.15) is 26.3 Å². The fourth-order valence-corrected chi connectivity index (χ4v) is 2.20. The maximum absolute atomic E-state index is 11.7. The first-order valence-electron chi connectivity index (χ1n) is 7.09. The van der Waals surface area contributed by atoms with E-state index in [1.807, 2.05) is 0 Å². The van der Waals surface area contributed by atoms with Crippen molar-refractivity contribution in [3.05, 3.63) is 29.8 Å². The molecule has 0 aliphatic rings. The zero-order chi connectivity index (χ0) is 17.7. The summed E-state index contributed by atoms with van der Waals surface area (Å²) in [5.41, 5.74) is 0.626. The minimum atomic E-state index is -3.34. The van der Waals surface area contributed by atoms with E-state index >= 15 is 0 Å². The molecule has 0 heterocycles. The second-order valence-electron chi connectivity index (χ2n) is 6.28. The first kappa shape index (κ1) is 19.0. The van der Waals surface area contributed by atoms with Crippen LogP contribution in [-0.4, -0.2) is 33.0 Å². The summed E-state index contributed by atoms with van der Waals surface area (Å²) in [6, 6.07) is 6.71. The standard InChI is InChI=1S/C15H23N3O4S/c1-15(2,3)14(20)17-10-13(19)16-9-11-6-5-7-12(8-11)18-23(4,21)22/h5-8,18H,9-10H2,1-4H3,(H,16,19)(H,17,20). The molecule has 0 saturated carbocycles. The number of sulfonamides is 1. The summed E-state index contributed by atoms with van der Waals surface area (Å²) in [5, 5.41) is 5.22. The third kappa shape index (κ3) is 7.64. The van der Waals surface area contributed by atoms with Crippen molar-refractivity contribution in [1.82, 2.24) is 10.6 Å². The van der Waals surface area contributed by atoms with Gasteiger partial charge in [0, 0.05) is 17.6 Å². The Morgan fingerprint density at radius 1 is 1.13 bits per heavy atom. The van der Waals surface area contributed by atoms with Gasteiger partial charge in [-0.2, -0.15) is 0 Å². The van der Waals surface area contributed by atoms with Crippen LogP contribution in [0.25, 0.3) is 0 Å². The van der Waals surface area contributed by atoms with E-state index in [4.69, 9.17) is 0 Å². The second kappa shape index (κ2) is 7.45. The Bertz CT molecular complexity index is 678. The average Bonchev–Trinajstić information content (AvgIpc) is 2.40. The van der Waals surface area contributed by atoms with Gasteiger partial charge < -0.3 is 10.6 Å². The summed E-state index contributed by atoms with van der Waals surface area (Å²) < 4.78 is 24.7. The number of hydrogen-bond acceptors (Lipinski definition) is 4. The quantitative estimate of drug-likeness (QED) is 0.713. The number of benzene rings is 1. The van der Waals surface area contributed by atoms with E-state index in [1.165, 1.54) is 0 Å². The lowest BCUT2D eigenvalue weighted by atomic mass is 9.96. The number of carbonyl (C=O) groups is 2. The average molecular weight is 341 g/mol. The topological polar surface area (TPSA) is 104 Å². The van der Waals surface area contributed by atoms with Crippen LogP contribution in [0.4, 0.5) is 5.69 Å². The number of nitrogens with one attached hydrogen (secondary N) is 3. The van der Waals surface area contributed by atoms with E-state index in [-0.39, 0.29) is 24.9 Å². The summed E-state index contributed by atoms with van der Waals surface area (Å²) in [5.74, 6) is -0.518. The SMILES string of the molecule is CC(C)(C)C(=O)NCC(=O)NCc1cccc(NS(C)(=O)=O)c1. The molecule has 128 valence electrons. The summed E-state index contributed by atoms with van der Waals surface area (Å²) in [6.07, 6.45) is 1.07. The molecule has 2 amide bonds. The zero-order valence-electron chi connectivity index (χ0n) is 13.8. The van der Waals surface area contributed by atoms with Crippen LogP contribution >= 0.6 is 0 Å². The normalized spacial score (nSPS) is 11.7. The van der Waals surface area contributed by atoms with Gasteiger partial charge in [0.1, 0.15) is 0 Å². The molecule has 0 atom stereocenters. The van der Waals surface area contributed by atoms with Crippen LogP contribution in [-0.2, 0) is 26.2 Å². The molecule has 0 aromatic heterocycles. The molecule has 0 bridgehead atoms. The molecule has 0 unspecified atom stereocenters. The van der Waals surface area contributed by atoms with Gasteiger partial charge >= 0.3 is 0 Å². The van der Waals surface area contributed by atoms with E-state index < -0.39 is 15.4 Å². The predicted octanol–water partition coefficient (Wildman–Crippen LogP) is 0.837. The highest BCUT2D eigenvalue weighted by Gasteiger charge is 2.21. The Hall–Kier alpha value is -2.09. The first-order chi connectivity index (χ1) is 10.5. The van der Waals surface area contributed by atoms with Crippen LogP contribution in [0.2, 0.25) is 0 Å². The molecule has 7 nitrogen and oxygen atoms in total. The first-order valence-corrected chi connectivity index (χ1v) is 8.98. The number of anilines is 1. The maximum atomic E-state index is 11.7. The van der Waals surface area contributed by atoms with Crippen LogP contribution in [0, 0.1) is 5.41 Å². The maximum Gasteiger partial charge on any atom is 0.239 e. The fraction of sp³-hybridized carbons (Fsp3) is 0.467. The molecule has 3 N–H and O–H groups in total. The third-order valence-corrected chi connectivity index (χ3v) is 3.42. The number of carbonyl (C=O) groups excluding carboxylic acids is 2. The lowest BCUT2D eigenvalue weighted by molar-refractivity contribution is -0.131. The molecule has 0 aliphatic heterocycles. The minimum Gasteiger partial charge on any atom is -0.350 e. The van der Waals surface area contributed by atoms with Crippen molar-refractivity contribution >= 4 is 27.5 Å². The molecular formula is C15H23N3O4S. The molecule has 0 saturated heterocycles. The summed E-state index contributed by atoms with van der Waals surface area (Å²) in [4.78, 5) is 23.4. The van der Waals surface area contributed by atoms with Crippen molar-refractivity contribution in [2.45, 2.75) is 27.3 Å². The lowest BCUT2D eigenvalue weighted by Crippen LogP contribution is -2.41. The van der Waals surface area contributed by atoms with E-state index in [0.717, 1.165) is 11.8 Å². The molecule has 1 aromatic rings. The number of amides is 2. The molecule has 0 fully saturated rings. The molecule has 1 aromatic carbocycles. The van der Waals surface area contributed by atoms with Crippen molar-refractivity contribution < 1.29 is 18.0 Å². The van der Waals surface area contributed by atoms with Gasteiger partial charge in [-0.15, -0.1) is 0 Å². The summed E-state index contributed by atoms with van der Waals surface area (Å²) >= 11 is 0. The summed E-state index contributed by atoms with van der Waals surface area (Å²) in [7, 11) is -3.34. The number of rotatable bonds is 6. The van der Waals surface area contributed by atoms with Gasteiger partial charge in [0.2, 0.25) is 21.8 Å². The fourth-order valence-electron chi connectivity index (χ4n) is 1.65. The van der Waals surface area contributed by atoms with Gasteiger partial charge in [0.05, 0.1) is 12.8 Å². The minimum absolute atomic E-state index is 0.0998. The molecule has 1 rings (SSSR count). The van der Waals surface area contributed by atoms with Crippen LogP contribution in [0.15, 0.2) is 24.3 Å². The highest BCUT2D eigenvalue weighted by atomic mass is 32.2. The van der Waals surface area contributed by atoms with Gasteiger partial charge in [-0.05, 0) is 17.7 Å². The monoisotopic (exact) mass is 341 g/mol. The molecule has 0 radical (unpaired) electrons. The van der Waals surface area contributed by atoms with Gasteiger partial charge in [0.25, 0.3) is 0 Å². The Morgan fingerprint density at radius 3 is 2.35 bits per heavy atom. The highest BCUT2D eigenvalue weighted by Crippen LogP contribution is 2.12. The second-order valence-corrected chi connectivity index (χ2v) is 8.03. The summed E-state index contributed by atoms with van der Waals surface area (Å²) in [6.45, 7) is 5.43. The Kier molecular flexibility index (Phi) is 6.14. The largest absolute Gasteiger partial charge is 0.350 e. The van der Waals surface area contributed by atoms with Gasteiger partial charge in [-0.25, -0.2) is 8.42 Å². The van der Waals surface area contributed by atoms with Gasteiger partial charge in [-0.1, -0.05) is 32.9 Å². The van der Waals surface area contributed by atoms with E-state index in [2.05, 4.69) is 15.4 Å². The van der Waals surface area contributed by atoms with E-state index in [0.29, 0.717) is 5.69 Å². The Morgan fingerprint density at radius 2 is 1.78 bits per heavy atom. The van der Waals surface area contributed by atoms with Crippen molar-refractivity contribution in [3.8, 4) is 0 Å². The third-order valence-electron chi connectivity index (χ3n) is 2.81. The van der Waals surface area contributed by atoms with Crippen molar-refractivity contribution in [3.63, 3.8) is 0 Å². The molecule has 0 spiro atoms. The van der Waals surface area contributed by atoms with Crippen molar-refractivity contribution in [2.75, 3.05) is 17.5 Å². The molecule has 8 heteroatoms. The van der Waals surface area contributed by atoms with E-state index in [9.17, 15) is 18.0 Å². The smallest absolute Gasteiger partial charge is 0.239 e. The molecule has 0 aliphatic carbocycles. The molecular weight excluding hydrogens is 318 g/mol. The predicted molar refractivity (Wildman–Crippen MR) is 89.2 cm³/mol. The Labute approximate surface area is 136 Å². The van der Waals surface area contributed by atoms with Crippen LogP contribution in [0.3, 0.4) is 0 Å². The van der Waals surface area contributed by atoms with Gasteiger partial charge in [-0.3, -0.25) is 14.3 Å². The van der Waals surface area contributed by atoms with Crippen molar-refractivity contribution in [1.29, 1.82) is 0 Å².